The number of benzene rings is 3. The molecule has 0 aliphatic heterocycles. The van der Waals surface area contributed by atoms with Crippen molar-refractivity contribution in [3.05, 3.63) is 107 Å². The van der Waals surface area contributed by atoms with Crippen LogP contribution in [-0.2, 0) is 9.47 Å². The highest BCUT2D eigenvalue weighted by Gasteiger charge is 2.10. The minimum atomic E-state index is -0.604. The minimum absolute atomic E-state index is 0.272. The largest absolute Gasteiger partial charge is 0.368 e. The number of hydrogen-bond acceptors (Lipinski definition) is 4. The summed E-state index contributed by atoms with van der Waals surface area (Å²) >= 11 is 0. The zero-order valence-electron chi connectivity index (χ0n) is 14.7. The molecule has 134 valence electrons. The van der Waals surface area contributed by atoms with E-state index in [2.05, 4.69) is 24.1 Å². The van der Waals surface area contributed by atoms with Gasteiger partial charge in [-0.05, 0) is 60.4 Å². The Labute approximate surface area is 162 Å². The molecule has 0 saturated carbocycles. The first-order chi connectivity index (χ1) is 13.7. The molecule has 0 heterocycles. The predicted molar refractivity (Wildman–Crippen MR) is 104 cm³/mol. The second-order valence-electron chi connectivity index (χ2n) is 5.54. The van der Waals surface area contributed by atoms with Gasteiger partial charge in [0.25, 0.3) is 0 Å². The summed E-state index contributed by atoms with van der Waals surface area (Å²) < 4.78 is 9.82. The molecule has 0 fully saturated rings. The molecule has 3 aromatic rings. The molecule has 4 heteroatoms. The van der Waals surface area contributed by atoms with Crippen LogP contribution in [0.4, 0.5) is 0 Å². The molecule has 0 amide bonds. The Kier molecular flexibility index (Phi) is 6.23. The molecule has 3 aromatic carbocycles. The van der Waals surface area contributed by atoms with Crippen LogP contribution in [-0.4, -0.2) is 11.9 Å². The highest BCUT2D eigenvalue weighted by atomic mass is 16.5. The number of carbonyl (C=O) groups excluding carboxylic acids is 2. The van der Waals surface area contributed by atoms with Gasteiger partial charge in [0.05, 0.1) is 11.1 Å². The third kappa shape index (κ3) is 5.36. The van der Waals surface area contributed by atoms with E-state index >= 15 is 0 Å². The lowest BCUT2D eigenvalue weighted by molar-refractivity contribution is 0.0676. The average molecular weight is 366 g/mol. The molecular formula is C24H14O4. The second kappa shape index (κ2) is 9.43. The molecule has 28 heavy (non-hydrogen) atoms. The third-order valence-electron chi connectivity index (χ3n) is 3.58. The first kappa shape index (κ1) is 18.5. The Morgan fingerprint density at radius 1 is 0.536 bits per heavy atom. The van der Waals surface area contributed by atoms with Gasteiger partial charge in [0, 0.05) is 11.1 Å². The number of ether oxygens (including phenoxy) is 2. The van der Waals surface area contributed by atoms with E-state index in [4.69, 9.17) is 9.47 Å². The maximum Gasteiger partial charge on any atom is 0.352 e. The fraction of sp³-hybridized carbons (Fsp3) is 0. The number of esters is 2. The molecule has 3 rings (SSSR count). The van der Waals surface area contributed by atoms with E-state index in [9.17, 15) is 9.59 Å². The van der Waals surface area contributed by atoms with Crippen LogP contribution < -0.4 is 0 Å². The Morgan fingerprint density at radius 3 is 1.25 bits per heavy atom. The van der Waals surface area contributed by atoms with Crippen molar-refractivity contribution in [2.75, 3.05) is 0 Å². The van der Waals surface area contributed by atoms with E-state index in [1.54, 1.807) is 0 Å². The van der Waals surface area contributed by atoms with Crippen LogP contribution in [0.3, 0.4) is 0 Å². The van der Waals surface area contributed by atoms with Gasteiger partial charge in [-0.1, -0.05) is 36.4 Å². The van der Waals surface area contributed by atoms with Gasteiger partial charge in [-0.15, -0.1) is 0 Å². The Bertz CT molecular complexity index is 987. The first-order valence-corrected chi connectivity index (χ1v) is 8.37. The van der Waals surface area contributed by atoms with Crippen molar-refractivity contribution in [3.63, 3.8) is 0 Å². The SMILES string of the molecule is O=C(OC#Cc1ccccc1)c1ccc(C(=O)OC#Cc2ccccc2)cc1. The summed E-state index contributed by atoms with van der Waals surface area (Å²) in [5.41, 5.74) is 2.03. The van der Waals surface area contributed by atoms with E-state index in [-0.39, 0.29) is 11.1 Å². The van der Waals surface area contributed by atoms with Crippen molar-refractivity contribution in [3.8, 4) is 24.1 Å². The Morgan fingerprint density at radius 2 is 0.893 bits per heavy atom. The van der Waals surface area contributed by atoms with E-state index < -0.39 is 11.9 Å². The molecule has 0 spiro atoms. The summed E-state index contributed by atoms with van der Waals surface area (Å²) in [6, 6.07) is 24.2. The van der Waals surface area contributed by atoms with E-state index in [0.29, 0.717) is 0 Å². The summed E-state index contributed by atoms with van der Waals surface area (Å²) in [7, 11) is 0. The molecule has 0 radical (unpaired) electrons. The van der Waals surface area contributed by atoms with Gasteiger partial charge in [0.15, 0.2) is 0 Å². The molecule has 0 unspecified atom stereocenters. The van der Waals surface area contributed by atoms with Crippen LogP contribution in [0.15, 0.2) is 84.9 Å². The monoisotopic (exact) mass is 366 g/mol. The fourth-order valence-electron chi connectivity index (χ4n) is 2.16. The standard InChI is InChI=1S/C24H14O4/c25-23(27-17-15-19-7-3-1-4-8-19)21-11-13-22(14-12-21)24(26)28-18-16-20-9-5-2-6-10-20/h1-14H. The summed E-state index contributed by atoms with van der Waals surface area (Å²) in [5, 5.41) is 0. The predicted octanol–water partition coefficient (Wildman–Crippen LogP) is 4.02. The normalized spacial score (nSPS) is 9.14. The number of carbonyl (C=O) groups is 2. The molecule has 0 aliphatic carbocycles. The lowest BCUT2D eigenvalue weighted by Gasteiger charge is -2.00. The van der Waals surface area contributed by atoms with Crippen molar-refractivity contribution >= 4 is 11.9 Å². The minimum Gasteiger partial charge on any atom is -0.368 e. The van der Waals surface area contributed by atoms with Gasteiger partial charge in [-0.2, -0.15) is 0 Å². The lowest BCUT2D eigenvalue weighted by atomic mass is 10.1. The second-order valence-corrected chi connectivity index (χ2v) is 5.54. The molecule has 0 atom stereocenters. The smallest absolute Gasteiger partial charge is 0.352 e. The number of rotatable bonds is 2. The van der Waals surface area contributed by atoms with E-state index in [1.165, 1.54) is 24.3 Å². The maximum atomic E-state index is 12.0. The average Bonchev–Trinajstić information content (AvgIpc) is 2.75. The Balaban J connectivity index is 1.57. The molecule has 0 aromatic heterocycles. The van der Waals surface area contributed by atoms with E-state index in [0.717, 1.165) is 11.1 Å². The zero-order valence-corrected chi connectivity index (χ0v) is 14.7. The third-order valence-corrected chi connectivity index (χ3v) is 3.58. The highest BCUT2D eigenvalue weighted by Crippen LogP contribution is 2.07. The van der Waals surface area contributed by atoms with Crippen LogP contribution in [0.1, 0.15) is 31.8 Å². The van der Waals surface area contributed by atoms with Crippen LogP contribution in [0.2, 0.25) is 0 Å². The molecule has 0 saturated heterocycles. The van der Waals surface area contributed by atoms with Crippen LogP contribution in [0.25, 0.3) is 0 Å². The van der Waals surface area contributed by atoms with Gasteiger partial charge in [0.1, 0.15) is 12.2 Å². The van der Waals surface area contributed by atoms with Gasteiger partial charge in [0.2, 0.25) is 0 Å². The fourth-order valence-corrected chi connectivity index (χ4v) is 2.16. The van der Waals surface area contributed by atoms with Crippen molar-refractivity contribution < 1.29 is 19.1 Å². The Hall–Kier alpha value is -4.28. The first-order valence-electron chi connectivity index (χ1n) is 8.37. The summed E-state index contributed by atoms with van der Waals surface area (Å²) in [4.78, 5) is 24.0. The van der Waals surface area contributed by atoms with Gasteiger partial charge >= 0.3 is 11.9 Å². The van der Waals surface area contributed by atoms with Gasteiger partial charge in [-0.25, -0.2) is 9.59 Å². The topological polar surface area (TPSA) is 52.6 Å². The molecular weight excluding hydrogens is 352 g/mol. The van der Waals surface area contributed by atoms with Crippen LogP contribution >= 0.6 is 0 Å². The molecule has 0 aliphatic rings. The zero-order chi connectivity index (χ0) is 19.6. The van der Waals surface area contributed by atoms with Crippen molar-refractivity contribution in [2.45, 2.75) is 0 Å². The summed E-state index contributed by atoms with van der Waals surface area (Å²) in [6.07, 6.45) is 4.74. The van der Waals surface area contributed by atoms with Crippen molar-refractivity contribution in [2.24, 2.45) is 0 Å². The maximum absolute atomic E-state index is 12.0. The van der Waals surface area contributed by atoms with Crippen molar-refractivity contribution in [1.82, 2.24) is 0 Å². The van der Waals surface area contributed by atoms with Crippen LogP contribution in [0, 0.1) is 24.1 Å². The summed E-state index contributed by atoms with van der Waals surface area (Å²) in [5.74, 6) is 4.25. The van der Waals surface area contributed by atoms with Gasteiger partial charge in [-0.3, -0.25) is 0 Å². The molecule has 0 bridgehead atoms. The van der Waals surface area contributed by atoms with E-state index in [1.807, 2.05) is 60.7 Å². The lowest BCUT2D eigenvalue weighted by Crippen LogP contribution is -2.04. The summed E-state index contributed by atoms with van der Waals surface area (Å²) in [6.45, 7) is 0. The highest BCUT2D eigenvalue weighted by molar-refractivity contribution is 5.94. The quantitative estimate of drug-likeness (QED) is 0.508. The molecule has 0 N–H and O–H groups in total. The number of hydrogen-bond donors (Lipinski definition) is 0. The van der Waals surface area contributed by atoms with Gasteiger partial charge < -0.3 is 9.47 Å². The van der Waals surface area contributed by atoms with Crippen LogP contribution in [0.5, 0.6) is 0 Å². The molecule has 4 nitrogen and oxygen atoms in total. The van der Waals surface area contributed by atoms with Crippen molar-refractivity contribution in [1.29, 1.82) is 0 Å².